The van der Waals surface area contributed by atoms with Crippen LogP contribution in [0.4, 0.5) is 0 Å². The molecule has 8 heavy (non-hydrogen) atoms. The summed E-state index contributed by atoms with van der Waals surface area (Å²) in [7, 11) is 0. The topological polar surface area (TPSA) is 12.0 Å². The molecular weight excluding hydrogens is 138 g/mol. The van der Waals surface area contributed by atoms with Gasteiger partial charge >= 0.3 is 0 Å². The van der Waals surface area contributed by atoms with Crippen molar-refractivity contribution in [2.75, 3.05) is 0 Å². The number of nitrogens with one attached hydrogen (secondary N) is 1. The maximum absolute atomic E-state index is 4.92. The first-order chi connectivity index (χ1) is 3.70. The molecule has 0 radical (unpaired) electrons. The summed E-state index contributed by atoms with van der Waals surface area (Å²) in [6.07, 6.45) is 0. The van der Waals surface area contributed by atoms with Crippen molar-refractivity contribution in [3.05, 3.63) is 0 Å². The van der Waals surface area contributed by atoms with E-state index in [0.29, 0.717) is 11.3 Å². The molecule has 1 aliphatic heterocycles. The highest BCUT2D eigenvalue weighted by molar-refractivity contribution is 8.23. The maximum atomic E-state index is 4.92. The molecule has 0 spiro atoms. The third kappa shape index (κ3) is 1.14. The van der Waals surface area contributed by atoms with Crippen molar-refractivity contribution in [3.63, 3.8) is 0 Å². The van der Waals surface area contributed by atoms with E-state index in [2.05, 4.69) is 19.2 Å². The summed E-state index contributed by atoms with van der Waals surface area (Å²) in [5.41, 5.74) is 0. The summed E-state index contributed by atoms with van der Waals surface area (Å²) in [5, 5.41) is 3.82. The van der Waals surface area contributed by atoms with Gasteiger partial charge in [-0.15, -0.1) is 0 Å². The average molecular weight is 147 g/mol. The molecule has 46 valence electrons. The van der Waals surface area contributed by atoms with E-state index < -0.39 is 0 Å². The molecule has 0 bridgehead atoms. The van der Waals surface area contributed by atoms with Crippen LogP contribution in [0.1, 0.15) is 13.8 Å². The van der Waals surface area contributed by atoms with Crippen LogP contribution in [0.3, 0.4) is 0 Å². The second-order valence-corrected chi connectivity index (χ2v) is 4.10. The first kappa shape index (κ1) is 6.36. The van der Waals surface area contributed by atoms with Crippen molar-refractivity contribution < 1.29 is 0 Å². The van der Waals surface area contributed by atoms with Crippen LogP contribution < -0.4 is 5.32 Å². The summed E-state index contributed by atoms with van der Waals surface area (Å²) in [4.78, 5) is 0. The first-order valence-electron chi connectivity index (χ1n) is 2.67. The first-order valence-corrected chi connectivity index (χ1v) is 3.96. The van der Waals surface area contributed by atoms with Gasteiger partial charge in [-0.05, 0) is 6.92 Å². The van der Waals surface area contributed by atoms with Crippen LogP contribution in [-0.2, 0) is 0 Å². The molecule has 3 heteroatoms. The zero-order chi connectivity index (χ0) is 6.15. The Morgan fingerprint density at radius 2 is 2.25 bits per heavy atom. The number of thiocarbonyl (C=S) groups is 1. The summed E-state index contributed by atoms with van der Waals surface area (Å²) in [5.74, 6) is 0. The van der Waals surface area contributed by atoms with E-state index in [1.807, 2.05) is 0 Å². The maximum Gasteiger partial charge on any atom is 0.134 e. The van der Waals surface area contributed by atoms with E-state index in [0.717, 1.165) is 4.32 Å². The van der Waals surface area contributed by atoms with E-state index in [-0.39, 0.29) is 0 Å². The van der Waals surface area contributed by atoms with Crippen LogP contribution in [0, 0.1) is 0 Å². The van der Waals surface area contributed by atoms with Crippen molar-refractivity contribution in [1.82, 2.24) is 5.32 Å². The Morgan fingerprint density at radius 1 is 1.62 bits per heavy atom. The lowest BCUT2D eigenvalue weighted by Crippen LogP contribution is -2.25. The van der Waals surface area contributed by atoms with Gasteiger partial charge in [-0.1, -0.05) is 30.9 Å². The van der Waals surface area contributed by atoms with E-state index in [1.54, 1.807) is 11.8 Å². The molecule has 0 aromatic heterocycles. The average Bonchev–Trinajstić information content (AvgIpc) is 1.85. The second-order valence-electron chi connectivity index (χ2n) is 2.04. The fraction of sp³-hybridized carbons (Fsp3) is 0.800. The third-order valence-corrected chi connectivity index (χ3v) is 2.86. The van der Waals surface area contributed by atoms with Crippen molar-refractivity contribution >= 4 is 28.3 Å². The molecule has 0 amide bonds. The lowest BCUT2D eigenvalue weighted by Gasteiger charge is -2.04. The SMILES string of the molecule is C[C@@H]1NC(=S)S[C@H]1C. The van der Waals surface area contributed by atoms with E-state index >= 15 is 0 Å². The molecule has 1 nitrogen and oxygen atoms in total. The summed E-state index contributed by atoms with van der Waals surface area (Å²) < 4.78 is 0.949. The largest absolute Gasteiger partial charge is 0.367 e. The van der Waals surface area contributed by atoms with Gasteiger partial charge in [-0.25, -0.2) is 0 Å². The second kappa shape index (κ2) is 2.23. The van der Waals surface area contributed by atoms with Crippen LogP contribution >= 0.6 is 24.0 Å². The van der Waals surface area contributed by atoms with Gasteiger partial charge in [0.15, 0.2) is 0 Å². The Kier molecular flexibility index (Phi) is 1.77. The standard InChI is InChI=1S/C5H9NS2/c1-3-4(2)8-5(7)6-3/h3-4H,1-2H3,(H,6,7)/t3-,4-/m0/s1. The van der Waals surface area contributed by atoms with Crippen LogP contribution in [0.5, 0.6) is 0 Å². The minimum atomic E-state index is 0.562. The van der Waals surface area contributed by atoms with Crippen LogP contribution in [-0.4, -0.2) is 15.6 Å². The molecule has 1 N–H and O–H groups in total. The molecule has 1 heterocycles. The van der Waals surface area contributed by atoms with Gasteiger partial charge < -0.3 is 5.32 Å². The zero-order valence-corrected chi connectivity index (χ0v) is 6.60. The monoisotopic (exact) mass is 147 g/mol. The number of hydrogen-bond acceptors (Lipinski definition) is 2. The molecule has 2 atom stereocenters. The van der Waals surface area contributed by atoms with Crippen LogP contribution in [0.25, 0.3) is 0 Å². The lowest BCUT2D eigenvalue weighted by molar-refractivity contribution is 0.682. The molecule has 1 aliphatic rings. The van der Waals surface area contributed by atoms with E-state index in [1.165, 1.54) is 0 Å². The van der Waals surface area contributed by atoms with Gasteiger partial charge in [0.2, 0.25) is 0 Å². The van der Waals surface area contributed by atoms with E-state index in [4.69, 9.17) is 12.2 Å². The quantitative estimate of drug-likeness (QED) is 0.520. The Balaban J connectivity index is 2.51. The highest BCUT2D eigenvalue weighted by Crippen LogP contribution is 2.21. The highest BCUT2D eigenvalue weighted by atomic mass is 32.2. The smallest absolute Gasteiger partial charge is 0.134 e. The minimum absolute atomic E-state index is 0.562. The van der Waals surface area contributed by atoms with Gasteiger partial charge in [0, 0.05) is 11.3 Å². The zero-order valence-electron chi connectivity index (χ0n) is 4.97. The molecule has 0 aromatic carbocycles. The molecule has 1 rings (SSSR count). The van der Waals surface area contributed by atoms with E-state index in [9.17, 15) is 0 Å². The predicted molar refractivity (Wildman–Crippen MR) is 42.2 cm³/mol. The fourth-order valence-corrected chi connectivity index (χ4v) is 2.11. The summed E-state index contributed by atoms with van der Waals surface area (Å²) >= 11 is 6.67. The lowest BCUT2D eigenvalue weighted by atomic mass is 10.3. The molecule has 0 aliphatic carbocycles. The number of rotatable bonds is 0. The highest BCUT2D eigenvalue weighted by Gasteiger charge is 2.22. The number of thioether (sulfide) groups is 1. The molecule has 1 saturated heterocycles. The van der Waals surface area contributed by atoms with Gasteiger partial charge in [-0.2, -0.15) is 0 Å². The van der Waals surface area contributed by atoms with Crippen molar-refractivity contribution in [1.29, 1.82) is 0 Å². The molecule has 0 unspecified atom stereocenters. The Labute approximate surface area is 59.2 Å². The third-order valence-electron chi connectivity index (χ3n) is 1.34. The van der Waals surface area contributed by atoms with Crippen molar-refractivity contribution in [3.8, 4) is 0 Å². The summed E-state index contributed by atoms with van der Waals surface area (Å²) in [6.45, 7) is 4.33. The van der Waals surface area contributed by atoms with Crippen LogP contribution in [0.15, 0.2) is 0 Å². The predicted octanol–water partition coefficient (Wildman–Crippen LogP) is 1.38. The van der Waals surface area contributed by atoms with Gasteiger partial charge in [0.05, 0.1) is 0 Å². The molecule has 0 aromatic rings. The molecular formula is C5H9NS2. The van der Waals surface area contributed by atoms with Crippen molar-refractivity contribution in [2.45, 2.75) is 25.1 Å². The van der Waals surface area contributed by atoms with Crippen LogP contribution in [0.2, 0.25) is 0 Å². The van der Waals surface area contributed by atoms with Gasteiger partial charge in [0.25, 0.3) is 0 Å². The Hall–Kier alpha value is 0.240. The number of hydrogen-bond donors (Lipinski definition) is 1. The molecule has 1 fully saturated rings. The van der Waals surface area contributed by atoms with Gasteiger partial charge in [0.1, 0.15) is 4.32 Å². The fourth-order valence-electron chi connectivity index (χ4n) is 0.608. The Morgan fingerprint density at radius 3 is 2.38 bits per heavy atom. The summed E-state index contributed by atoms with van der Waals surface area (Å²) in [6, 6.07) is 0.562. The normalized spacial score (nSPS) is 37.5. The Bertz CT molecular complexity index is 101. The van der Waals surface area contributed by atoms with Crippen molar-refractivity contribution in [2.24, 2.45) is 0 Å². The minimum Gasteiger partial charge on any atom is -0.367 e. The molecule has 0 saturated carbocycles. The van der Waals surface area contributed by atoms with Gasteiger partial charge in [-0.3, -0.25) is 0 Å².